The van der Waals surface area contributed by atoms with Crippen molar-refractivity contribution in [2.75, 3.05) is 7.05 Å². The number of hydrogen-bond donors (Lipinski definition) is 4. The molecule has 1 rings (SSSR count). The molecule has 0 bridgehead atoms. The second kappa shape index (κ2) is 5.42. The lowest BCUT2D eigenvalue weighted by Gasteiger charge is -2.11. The Morgan fingerprint density at radius 1 is 1.35 bits per heavy atom. The SMILES string of the molecule is CNC(Cc1ccc(P(=O)(O)O)cc1)C(=O)O. The van der Waals surface area contributed by atoms with Crippen LogP contribution >= 0.6 is 7.60 Å². The molecule has 0 aromatic heterocycles. The number of carboxylic acid groups (broad SMARTS) is 1. The predicted molar refractivity (Wildman–Crippen MR) is 62.3 cm³/mol. The summed E-state index contributed by atoms with van der Waals surface area (Å²) in [5, 5.41) is 11.4. The minimum atomic E-state index is -4.23. The van der Waals surface area contributed by atoms with Crippen molar-refractivity contribution in [3.05, 3.63) is 29.8 Å². The van der Waals surface area contributed by atoms with Gasteiger partial charge in [0.25, 0.3) is 0 Å². The molecule has 0 aliphatic heterocycles. The molecule has 0 aliphatic rings. The van der Waals surface area contributed by atoms with Crippen molar-refractivity contribution < 1.29 is 24.3 Å². The first kappa shape index (κ1) is 13.9. The van der Waals surface area contributed by atoms with Gasteiger partial charge in [0, 0.05) is 0 Å². The van der Waals surface area contributed by atoms with Crippen LogP contribution in [0.15, 0.2) is 24.3 Å². The lowest BCUT2D eigenvalue weighted by Crippen LogP contribution is -2.35. The van der Waals surface area contributed by atoms with Crippen LogP contribution in [0.5, 0.6) is 0 Å². The van der Waals surface area contributed by atoms with Crippen molar-refractivity contribution in [1.29, 1.82) is 0 Å². The molecule has 0 saturated carbocycles. The van der Waals surface area contributed by atoms with Gasteiger partial charge in [-0.15, -0.1) is 0 Å². The van der Waals surface area contributed by atoms with E-state index >= 15 is 0 Å². The summed E-state index contributed by atoms with van der Waals surface area (Å²) in [5.41, 5.74) is 0.698. The highest BCUT2D eigenvalue weighted by atomic mass is 31.2. The molecule has 7 heteroatoms. The van der Waals surface area contributed by atoms with E-state index in [-0.39, 0.29) is 11.7 Å². The Hall–Kier alpha value is -1.20. The lowest BCUT2D eigenvalue weighted by atomic mass is 10.1. The fraction of sp³-hybridized carbons (Fsp3) is 0.300. The molecule has 6 nitrogen and oxygen atoms in total. The highest BCUT2D eigenvalue weighted by Crippen LogP contribution is 2.32. The van der Waals surface area contributed by atoms with Gasteiger partial charge < -0.3 is 20.2 Å². The lowest BCUT2D eigenvalue weighted by molar-refractivity contribution is -0.139. The molecule has 4 N–H and O–H groups in total. The molecule has 1 unspecified atom stereocenters. The Bertz CT molecular complexity index is 439. The summed E-state index contributed by atoms with van der Waals surface area (Å²) in [7, 11) is -2.69. The number of likely N-dealkylation sites (N-methyl/N-ethyl adjacent to an activating group) is 1. The predicted octanol–water partition coefficient (Wildman–Crippen LogP) is -0.295. The van der Waals surface area contributed by atoms with Crippen LogP contribution in [0.1, 0.15) is 5.56 Å². The number of rotatable bonds is 5. The van der Waals surface area contributed by atoms with Crippen LogP contribution in [0.3, 0.4) is 0 Å². The van der Waals surface area contributed by atoms with E-state index in [0.29, 0.717) is 5.56 Å². The van der Waals surface area contributed by atoms with E-state index in [1.807, 2.05) is 0 Å². The van der Waals surface area contributed by atoms with E-state index in [1.165, 1.54) is 24.3 Å². The second-order valence-electron chi connectivity index (χ2n) is 3.59. The molecule has 0 radical (unpaired) electrons. The van der Waals surface area contributed by atoms with Gasteiger partial charge in [-0.2, -0.15) is 0 Å². The monoisotopic (exact) mass is 259 g/mol. The summed E-state index contributed by atoms with van der Waals surface area (Å²) in [6.45, 7) is 0. The quantitative estimate of drug-likeness (QED) is 0.541. The van der Waals surface area contributed by atoms with Crippen molar-refractivity contribution in [2.45, 2.75) is 12.5 Å². The standard InChI is InChI=1S/C10H14NO5P/c1-11-9(10(12)13)6-7-2-4-8(5-3-7)17(14,15)16/h2-5,9,11H,6H2,1H3,(H,12,13)(H2,14,15,16). The number of carboxylic acids is 1. The third-order valence-electron chi connectivity index (χ3n) is 2.36. The number of carbonyl (C=O) groups is 1. The van der Waals surface area contributed by atoms with Crippen molar-refractivity contribution in [1.82, 2.24) is 5.32 Å². The van der Waals surface area contributed by atoms with Crippen molar-refractivity contribution in [3.8, 4) is 0 Å². The van der Waals surface area contributed by atoms with E-state index in [0.717, 1.165) is 0 Å². The Labute approximate surface area is 98.4 Å². The third kappa shape index (κ3) is 3.94. The smallest absolute Gasteiger partial charge is 0.356 e. The fourth-order valence-electron chi connectivity index (χ4n) is 1.37. The summed E-state index contributed by atoms with van der Waals surface area (Å²) in [6.07, 6.45) is 0.257. The molecule has 0 aliphatic carbocycles. The van der Waals surface area contributed by atoms with Gasteiger partial charge >= 0.3 is 13.6 Å². The summed E-state index contributed by atoms with van der Waals surface area (Å²) < 4.78 is 10.9. The van der Waals surface area contributed by atoms with Gasteiger partial charge in [0.1, 0.15) is 6.04 Å². The molecule has 0 amide bonds. The second-order valence-corrected chi connectivity index (χ2v) is 5.20. The number of hydrogen-bond acceptors (Lipinski definition) is 3. The molecule has 0 fully saturated rings. The van der Waals surface area contributed by atoms with Crippen LogP contribution in [0.25, 0.3) is 0 Å². The topological polar surface area (TPSA) is 107 Å². The number of benzene rings is 1. The maximum atomic E-state index is 10.9. The Morgan fingerprint density at radius 2 is 1.88 bits per heavy atom. The van der Waals surface area contributed by atoms with Gasteiger partial charge in [-0.3, -0.25) is 9.36 Å². The normalized spacial score (nSPS) is 13.4. The van der Waals surface area contributed by atoms with Crippen LogP contribution in [0.2, 0.25) is 0 Å². The summed E-state index contributed by atoms with van der Waals surface area (Å²) in [4.78, 5) is 28.6. The molecule has 0 saturated heterocycles. The molecule has 17 heavy (non-hydrogen) atoms. The van der Waals surface area contributed by atoms with Gasteiger partial charge in [0.2, 0.25) is 0 Å². The highest BCUT2D eigenvalue weighted by Gasteiger charge is 2.18. The van der Waals surface area contributed by atoms with Crippen LogP contribution in [-0.2, 0) is 15.8 Å². The number of aliphatic carboxylic acids is 1. The average Bonchev–Trinajstić information content (AvgIpc) is 2.25. The fourth-order valence-corrected chi connectivity index (χ4v) is 1.91. The molecular weight excluding hydrogens is 245 g/mol. The first-order valence-electron chi connectivity index (χ1n) is 4.89. The summed E-state index contributed by atoms with van der Waals surface area (Å²) in [5.74, 6) is -0.966. The van der Waals surface area contributed by atoms with Crippen LogP contribution in [0, 0.1) is 0 Å². The maximum Gasteiger partial charge on any atom is 0.356 e. The summed E-state index contributed by atoms with van der Waals surface area (Å²) >= 11 is 0. The van der Waals surface area contributed by atoms with E-state index in [9.17, 15) is 9.36 Å². The molecule has 0 heterocycles. The van der Waals surface area contributed by atoms with Crippen molar-refractivity contribution in [2.24, 2.45) is 0 Å². The Balaban J connectivity index is 2.82. The molecule has 0 spiro atoms. The largest absolute Gasteiger partial charge is 0.480 e. The zero-order chi connectivity index (χ0) is 13.1. The zero-order valence-electron chi connectivity index (χ0n) is 9.20. The molecule has 94 valence electrons. The Morgan fingerprint density at radius 3 is 2.24 bits per heavy atom. The zero-order valence-corrected chi connectivity index (χ0v) is 10.1. The molecule has 1 aromatic rings. The minimum Gasteiger partial charge on any atom is -0.480 e. The first-order valence-corrected chi connectivity index (χ1v) is 6.51. The Kier molecular flexibility index (Phi) is 4.42. The van der Waals surface area contributed by atoms with E-state index in [1.54, 1.807) is 7.05 Å². The van der Waals surface area contributed by atoms with Gasteiger partial charge in [-0.05, 0) is 31.2 Å². The maximum absolute atomic E-state index is 10.9. The van der Waals surface area contributed by atoms with Crippen LogP contribution in [-0.4, -0.2) is 34.0 Å². The van der Waals surface area contributed by atoms with Crippen LogP contribution < -0.4 is 10.6 Å². The van der Waals surface area contributed by atoms with E-state index in [4.69, 9.17) is 14.9 Å². The average molecular weight is 259 g/mol. The van der Waals surface area contributed by atoms with Gasteiger partial charge in [0.15, 0.2) is 0 Å². The minimum absolute atomic E-state index is 0.0717. The molecule has 1 aromatic carbocycles. The third-order valence-corrected chi connectivity index (χ3v) is 3.33. The number of nitrogens with one attached hydrogen (secondary N) is 1. The molecular formula is C10H14NO5P. The van der Waals surface area contributed by atoms with Crippen molar-refractivity contribution in [3.63, 3.8) is 0 Å². The van der Waals surface area contributed by atoms with Gasteiger partial charge in [-0.25, -0.2) is 0 Å². The van der Waals surface area contributed by atoms with Gasteiger partial charge in [0.05, 0.1) is 5.30 Å². The highest BCUT2D eigenvalue weighted by molar-refractivity contribution is 7.60. The van der Waals surface area contributed by atoms with Crippen molar-refractivity contribution >= 4 is 18.9 Å². The van der Waals surface area contributed by atoms with E-state index < -0.39 is 19.6 Å². The van der Waals surface area contributed by atoms with Gasteiger partial charge in [-0.1, -0.05) is 12.1 Å². The van der Waals surface area contributed by atoms with E-state index in [2.05, 4.69) is 5.32 Å². The summed E-state index contributed by atoms with van der Waals surface area (Å²) in [6, 6.07) is 4.94. The first-order chi connectivity index (χ1) is 7.84. The molecule has 1 atom stereocenters. The van der Waals surface area contributed by atoms with Crippen LogP contribution in [0.4, 0.5) is 0 Å².